The molecule has 1 saturated carbocycles. The molecule has 43 heavy (non-hydrogen) atoms. The molecule has 0 spiro atoms. The molecule has 1 heterocycles. The van der Waals surface area contributed by atoms with Gasteiger partial charge >= 0.3 is 5.97 Å². The van der Waals surface area contributed by atoms with Crippen molar-refractivity contribution in [1.29, 1.82) is 0 Å². The Morgan fingerprint density at radius 1 is 1.14 bits per heavy atom. The molecule has 1 aromatic carbocycles. The highest BCUT2D eigenvalue weighted by molar-refractivity contribution is 5.87. The molecular formula is C37H51NO5. The van der Waals surface area contributed by atoms with Gasteiger partial charge in [0.05, 0.1) is 24.0 Å². The highest BCUT2D eigenvalue weighted by atomic mass is 16.5. The van der Waals surface area contributed by atoms with Crippen molar-refractivity contribution in [2.45, 2.75) is 104 Å². The van der Waals surface area contributed by atoms with E-state index in [9.17, 15) is 19.8 Å². The predicted octanol–water partition coefficient (Wildman–Crippen LogP) is 7.23. The van der Waals surface area contributed by atoms with Gasteiger partial charge in [0.25, 0.3) is 0 Å². The SMILES string of the molecule is C=C(C)CCCC[C@H](O)[C@@H](C)C(=O)C(C)(C)[C@@H](O)CC(=O)O[C@H]1[C@H](/C=C/c2ccccc2)CC(c2ccc(C)cn2)[C@H]1C. The Kier molecular flexibility index (Phi) is 12.5. The molecule has 7 atom stereocenters. The van der Waals surface area contributed by atoms with Gasteiger partial charge in [-0.15, -0.1) is 6.58 Å². The van der Waals surface area contributed by atoms with Gasteiger partial charge in [-0.25, -0.2) is 0 Å². The molecule has 2 N–H and O–H groups in total. The quantitative estimate of drug-likeness (QED) is 0.129. The van der Waals surface area contributed by atoms with Crippen LogP contribution in [0.4, 0.5) is 0 Å². The summed E-state index contributed by atoms with van der Waals surface area (Å²) in [5.74, 6) is -1.35. The summed E-state index contributed by atoms with van der Waals surface area (Å²) in [6, 6.07) is 14.1. The molecule has 0 bridgehead atoms. The smallest absolute Gasteiger partial charge is 0.308 e. The Labute approximate surface area is 258 Å². The molecule has 1 unspecified atom stereocenters. The van der Waals surface area contributed by atoms with Crippen LogP contribution in [0.5, 0.6) is 0 Å². The fraction of sp³-hybridized carbons (Fsp3) is 0.541. The minimum absolute atomic E-state index is 0.0106. The van der Waals surface area contributed by atoms with E-state index in [0.717, 1.165) is 48.1 Å². The van der Waals surface area contributed by atoms with Gasteiger partial charge in [-0.2, -0.15) is 0 Å². The van der Waals surface area contributed by atoms with E-state index in [1.54, 1.807) is 20.8 Å². The van der Waals surface area contributed by atoms with Crippen molar-refractivity contribution >= 4 is 17.8 Å². The van der Waals surface area contributed by atoms with Crippen molar-refractivity contribution in [1.82, 2.24) is 4.98 Å². The number of allylic oxidation sites excluding steroid dienone is 1. The van der Waals surface area contributed by atoms with E-state index in [2.05, 4.69) is 36.7 Å². The lowest BCUT2D eigenvalue weighted by Crippen LogP contribution is -2.44. The number of aryl methyl sites for hydroxylation is 1. The molecule has 1 aliphatic rings. The maximum absolute atomic E-state index is 13.4. The third kappa shape index (κ3) is 9.45. The monoisotopic (exact) mass is 589 g/mol. The molecule has 234 valence electrons. The minimum atomic E-state index is -1.24. The first-order valence-corrected chi connectivity index (χ1v) is 15.7. The summed E-state index contributed by atoms with van der Waals surface area (Å²) in [4.78, 5) is 31.3. The average molecular weight is 590 g/mol. The Hall–Kier alpha value is -3.09. The van der Waals surface area contributed by atoms with E-state index < -0.39 is 35.6 Å². The summed E-state index contributed by atoms with van der Waals surface area (Å²) in [5, 5.41) is 21.8. The number of aromatic nitrogens is 1. The standard InChI is InChI=1S/C37H51NO5/c1-24(2)13-11-12-16-32(39)27(5)36(42)37(6,7)33(40)22-34(41)43-35-26(4)30(31-20-17-25(3)23-38-31)21-29(35)19-18-28-14-9-8-10-15-28/h8-10,14-15,17-20,23,26-27,29-30,32-33,35,39-40H,1,11-13,16,21-22H2,2-7H3/b19-18+/t26-,27-,29-,30?,32+,33+,35-/m1/s1. The number of rotatable bonds is 15. The van der Waals surface area contributed by atoms with Crippen LogP contribution in [-0.2, 0) is 14.3 Å². The van der Waals surface area contributed by atoms with E-state index in [-0.39, 0.29) is 30.0 Å². The molecule has 1 fully saturated rings. The zero-order chi connectivity index (χ0) is 31.7. The number of Topliss-reactive ketones (excluding diaryl/α,β-unsaturated/α-hetero) is 1. The predicted molar refractivity (Wildman–Crippen MR) is 172 cm³/mol. The summed E-state index contributed by atoms with van der Waals surface area (Å²) < 4.78 is 6.09. The second kappa shape index (κ2) is 15.6. The highest BCUT2D eigenvalue weighted by Crippen LogP contribution is 2.45. The summed E-state index contributed by atoms with van der Waals surface area (Å²) in [5.41, 5.74) is 3.02. The molecule has 1 aliphatic carbocycles. The number of unbranched alkanes of at least 4 members (excludes halogenated alkanes) is 1. The van der Waals surface area contributed by atoms with Gasteiger partial charge in [-0.1, -0.05) is 88.2 Å². The number of hydrogen-bond donors (Lipinski definition) is 2. The number of ether oxygens (including phenoxy) is 1. The molecule has 3 rings (SSSR count). The fourth-order valence-electron chi connectivity index (χ4n) is 6.10. The van der Waals surface area contributed by atoms with Crippen molar-refractivity contribution in [3.8, 4) is 0 Å². The Balaban J connectivity index is 1.68. The number of pyridine rings is 1. The topological polar surface area (TPSA) is 96.7 Å². The number of carbonyl (C=O) groups is 2. The number of esters is 1. The van der Waals surface area contributed by atoms with E-state index >= 15 is 0 Å². The Bertz CT molecular complexity index is 1240. The number of carbonyl (C=O) groups excluding carboxylic acids is 2. The molecule has 1 aromatic heterocycles. The lowest BCUT2D eigenvalue weighted by Gasteiger charge is -2.33. The highest BCUT2D eigenvalue weighted by Gasteiger charge is 2.45. The van der Waals surface area contributed by atoms with Crippen molar-refractivity contribution in [3.63, 3.8) is 0 Å². The molecule has 2 aromatic rings. The molecule has 0 aliphatic heterocycles. The van der Waals surface area contributed by atoms with Crippen LogP contribution in [0.3, 0.4) is 0 Å². The van der Waals surface area contributed by atoms with E-state index in [1.165, 1.54) is 0 Å². The summed E-state index contributed by atoms with van der Waals surface area (Å²) >= 11 is 0. The number of nitrogens with zero attached hydrogens (tertiary/aromatic N) is 1. The van der Waals surface area contributed by atoms with Gasteiger partial charge in [0, 0.05) is 35.6 Å². The zero-order valence-corrected chi connectivity index (χ0v) is 26.8. The van der Waals surface area contributed by atoms with Gasteiger partial charge in [0.1, 0.15) is 11.9 Å². The van der Waals surface area contributed by atoms with E-state index in [1.807, 2.05) is 56.4 Å². The number of hydrogen-bond acceptors (Lipinski definition) is 6. The second-order valence-electron chi connectivity index (χ2n) is 13.2. The molecule has 0 saturated heterocycles. The van der Waals surface area contributed by atoms with Crippen molar-refractivity contribution in [2.75, 3.05) is 0 Å². The van der Waals surface area contributed by atoms with Crippen LogP contribution in [0.1, 0.15) is 95.9 Å². The average Bonchev–Trinajstić information content (AvgIpc) is 3.28. The largest absolute Gasteiger partial charge is 0.461 e. The third-order valence-electron chi connectivity index (χ3n) is 9.19. The van der Waals surface area contributed by atoms with Crippen molar-refractivity contribution < 1.29 is 24.5 Å². The molecular weight excluding hydrogens is 538 g/mol. The summed E-state index contributed by atoms with van der Waals surface area (Å²) in [7, 11) is 0. The second-order valence-corrected chi connectivity index (χ2v) is 13.2. The van der Waals surface area contributed by atoms with Gasteiger partial charge in [-0.3, -0.25) is 14.6 Å². The maximum atomic E-state index is 13.4. The lowest BCUT2D eigenvalue weighted by molar-refractivity contribution is -0.158. The zero-order valence-electron chi connectivity index (χ0n) is 26.8. The number of aliphatic hydroxyl groups is 2. The lowest BCUT2D eigenvalue weighted by atomic mass is 9.74. The van der Waals surface area contributed by atoms with Crippen LogP contribution in [0.2, 0.25) is 0 Å². The molecule has 6 heteroatoms. The van der Waals surface area contributed by atoms with E-state index in [4.69, 9.17) is 4.74 Å². The minimum Gasteiger partial charge on any atom is -0.461 e. The molecule has 6 nitrogen and oxygen atoms in total. The number of benzene rings is 1. The van der Waals surface area contributed by atoms with Crippen LogP contribution in [0.15, 0.2) is 66.9 Å². The summed E-state index contributed by atoms with van der Waals surface area (Å²) in [6.07, 6.45) is 7.18. The normalized spacial score (nSPS) is 22.7. The van der Waals surface area contributed by atoms with Gasteiger partial charge in [-0.05, 0) is 56.7 Å². The van der Waals surface area contributed by atoms with Crippen LogP contribution in [0, 0.1) is 30.1 Å². The van der Waals surface area contributed by atoms with Crippen molar-refractivity contribution in [2.24, 2.45) is 23.2 Å². The summed E-state index contributed by atoms with van der Waals surface area (Å²) in [6.45, 7) is 15.0. The van der Waals surface area contributed by atoms with Gasteiger partial charge in [0.15, 0.2) is 0 Å². The first-order valence-electron chi connectivity index (χ1n) is 15.7. The first-order chi connectivity index (χ1) is 20.3. The molecule has 0 radical (unpaired) electrons. The first kappa shape index (κ1) is 34.4. The van der Waals surface area contributed by atoms with Crippen LogP contribution in [0.25, 0.3) is 6.08 Å². The molecule has 0 amide bonds. The Morgan fingerprint density at radius 2 is 1.84 bits per heavy atom. The fourth-order valence-corrected chi connectivity index (χ4v) is 6.10. The van der Waals surface area contributed by atoms with Crippen LogP contribution in [-0.4, -0.2) is 45.3 Å². The van der Waals surface area contributed by atoms with Gasteiger partial charge < -0.3 is 14.9 Å². The Morgan fingerprint density at radius 3 is 2.47 bits per heavy atom. The van der Waals surface area contributed by atoms with Gasteiger partial charge in [0.2, 0.25) is 0 Å². The van der Waals surface area contributed by atoms with E-state index in [0.29, 0.717) is 6.42 Å². The number of aliphatic hydroxyl groups excluding tert-OH is 2. The van der Waals surface area contributed by atoms with Crippen LogP contribution >= 0.6 is 0 Å². The third-order valence-corrected chi connectivity index (χ3v) is 9.19. The van der Waals surface area contributed by atoms with Crippen LogP contribution < -0.4 is 0 Å². The van der Waals surface area contributed by atoms with Crippen molar-refractivity contribution in [3.05, 3.63) is 83.7 Å². The number of ketones is 1. The maximum Gasteiger partial charge on any atom is 0.308 e.